The van der Waals surface area contributed by atoms with E-state index in [1.165, 1.54) is 22.8 Å². The molecule has 1 heterocycles. The Kier molecular flexibility index (Phi) is 9.11. The van der Waals surface area contributed by atoms with Gasteiger partial charge in [-0.15, -0.1) is 10.2 Å². The molecule has 7 nitrogen and oxygen atoms in total. The maximum atomic E-state index is 13.6. The van der Waals surface area contributed by atoms with Gasteiger partial charge in [0.25, 0.3) is 5.91 Å². The Labute approximate surface area is 242 Å². The van der Waals surface area contributed by atoms with Crippen LogP contribution in [0.25, 0.3) is 5.69 Å². The Hall–Kier alpha value is -4.11. The predicted molar refractivity (Wildman–Crippen MR) is 140 cm³/mol. The van der Waals surface area contributed by atoms with E-state index in [-0.39, 0.29) is 27.4 Å². The molecule has 16 heteroatoms. The van der Waals surface area contributed by atoms with Gasteiger partial charge in [0.2, 0.25) is 5.91 Å². The van der Waals surface area contributed by atoms with Crippen molar-refractivity contribution < 1.29 is 40.3 Å². The monoisotopic (exact) mass is 631 g/mol. The van der Waals surface area contributed by atoms with Crippen LogP contribution in [0.5, 0.6) is 0 Å². The lowest BCUT2D eigenvalue weighted by molar-refractivity contribution is -0.138. The first-order valence-corrected chi connectivity index (χ1v) is 13.0. The van der Waals surface area contributed by atoms with Gasteiger partial charge in [0.15, 0.2) is 11.0 Å². The molecule has 1 aromatic heterocycles. The summed E-state index contributed by atoms with van der Waals surface area (Å²) < 4.78 is 94.1. The zero-order chi connectivity index (χ0) is 30.7. The number of amides is 2. The molecule has 0 fully saturated rings. The fourth-order valence-electron chi connectivity index (χ4n) is 3.65. The first-order valence-electron chi connectivity index (χ1n) is 11.7. The molecule has 2 amide bonds. The number of aromatic nitrogens is 3. The minimum atomic E-state index is -4.77. The number of hydrogen-bond acceptors (Lipinski definition) is 5. The summed E-state index contributed by atoms with van der Waals surface area (Å²) >= 11 is 6.73. The van der Waals surface area contributed by atoms with Gasteiger partial charge in [-0.1, -0.05) is 35.5 Å². The second-order valence-electron chi connectivity index (χ2n) is 8.47. The quantitative estimate of drug-likeness (QED) is 0.166. The van der Waals surface area contributed by atoms with Crippen LogP contribution in [-0.4, -0.2) is 32.3 Å². The van der Waals surface area contributed by atoms with Gasteiger partial charge < -0.3 is 10.6 Å². The summed E-state index contributed by atoms with van der Waals surface area (Å²) in [5.41, 5.74) is -2.73. The smallest absolute Gasteiger partial charge is 0.345 e. The predicted octanol–water partition coefficient (Wildman–Crippen LogP) is 6.76. The molecule has 3 aromatic carbocycles. The van der Waals surface area contributed by atoms with Crippen LogP contribution in [-0.2, 0) is 23.7 Å². The first kappa shape index (κ1) is 30.8. The van der Waals surface area contributed by atoms with E-state index in [1.54, 1.807) is 0 Å². The van der Waals surface area contributed by atoms with Crippen LogP contribution in [0.3, 0.4) is 0 Å². The molecule has 4 rings (SSSR count). The highest BCUT2D eigenvalue weighted by molar-refractivity contribution is 7.99. The van der Waals surface area contributed by atoms with E-state index in [4.69, 9.17) is 11.6 Å². The molecule has 0 unspecified atom stereocenters. The Morgan fingerprint density at radius 1 is 0.905 bits per heavy atom. The van der Waals surface area contributed by atoms with Gasteiger partial charge in [0.05, 0.1) is 39.7 Å². The molecule has 42 heavy (non-hydrogen) atoms. The lowest BCUT2D eigenvalue weighted by Gasteiger charge is -2.14. The van der Waals surface area contributed by atoms with Crippen molar-refractivity contribution in [3.8, 4) is 5.69 Å². The van der Waals surface area contributed by atoms with E-state index in [0.717, 1.165) is 54.2 Å². The minimum absolute atomic E-state index is 0.0308. The summed E-state index contributed by atoms with van der Waals surface area (Å²) in [6.07, 6.45) is -9.43. The third-order valence-electron chi connectivity index (χ3n) is 5.57. The highest BCUT2D eigenvalue weighted by atomic mass is 35.5. The Balaban J connectivity index is 1.53. The third-order valence-corrected chi connectivity index (χ3v) is 6.83. The highest BCUT2D eigenvalue weighted by Crippen LogP contribution is 2.34. The normalized spacial score (nSPS) is 11.8. The van der Waals surface area contributed by atoms with Crippen molar-refractivity contribution in [3.05, 3.63) is 100 Å². The average molecular weight is 632 g/mol. The minimum Gasteiger partial charge on any atom is -0.345 e. The van der Waals surface area contributed by atoms with Crippen molar-refractivity contribution in [3.63, 3.8) is 0 Å². The SMILES string of the molecule is O=C(CSc1nnc(CNC(=O)c2ccccc2C(F)(F)F)n1-c1ccc(F)cc1)Nc1cc(C(F)(F)F)ccc1Cl. The van der Waals surface area contributed by atoms with E-state index in [0.29, 0.717) is 11.8 Å². The summed E-state index contributed by atoms with van der Waals surface area (Å²) in [6.45, 7) is -0.401. The zero-order valence-corrected chi connectivity index (χ0v) is 22.4. The van der Waals surface area contributed by atoms with E-state index in [2.05, 4.69) is 20.8 Å². The second kappa shape index (κ2) is 12.4. The van der Waals surface area contributed by atoms with Gasteiger partial charge >= 0.3 is 12.4 Å². The van der Waals surface area contributed by atoms with E-state index >= 15 is 0 Å². The number of nitrogens with one attached hydrogen (secondary N) is 2. The van der Waals surface area contributed by atoms with Crippen LogP contribution in [0.1, 0.15) is 27.3 Å². The molecule has 0 bridgehead atoms. The summed E-state index contributed by atoms with van der Waals surface area (Å²) in [5, 5.41) is 12.5. The standard InChI is InChI=1S/C26H17ClF7N5O2S/c27-19-10-5-14(25(29,30)31)11-20(19)36-22(40)13-42-24-38-37-21(39(24)16-8-6-15(28)7-9-16)12-35-23(41)17-3-1-2-4-18(17)26(32,33)34/h1-11H,12-13H2,(H,35,41)(H,36,40). The number of nitrogens with zero attached hydrogens (tertiary/aromatic N) is 3. The van der Waals surface area contributed by atoms with Crippen LogP contribution in [0.2, 0.25) is 5.02 Å². The van der Waals surface area contributed by atoms with E-state index < -0.39 is 53.2 Å². The molecule has 220 valence electrons. The lowest BCUT2D eigenvalue weighted by atomic mass is 10.1. The molecule has 0 aliphatic carbocycles. The van der Waals surface area contributed by atoms with Crippen LogP contribution in [0.15, 0.2) is 71.9 Å². The number of carbonyl (C=O) groups excluding carboxylic acids is 2. The molecule has 0 aliphatic heterocycles. The van der Waals surface area contributed by atoms with Crippen molar-refractivity contribution >= 4 is 40.9 Å². The van der Waals surface area contributed by atoms with Gasteiger partial charge in [0.1, 0.15) is 5.82 Å². The van der Waals surface area contributed by atoms with Crippen molar-refractivity contribution in [2.24, 2.45) is 0 Å². The maximum absolute atomic E-state index is 13.6. The Morgan fingerprint density at radius 3 is 2.26 bits per heavy atom. The lowest BCUT2D eigenvalue weighted by Crippen LogP contribution is -2.27. The largest absolute Gasteiger partial charge is 0.417 e. The van der Waals surface area contributed by atoms with E-state index in [1.807, 2.05) is 0 Å². The van der Waals surface area contributed by atoms with Crippen molar-refractivity contribution in [2.45, 2.75) is 24.1 Å². The van der Waals surface area contributed by atoms with Crippen LogP contribution in [0.4, 0.5) is 36.4 Å². The Bertz CT molecular complexity index is 1610. The second-order valence-corrected chi connectivity index (χ2v) is 9.82. The first-order chi connectivity index (χ1) is 19.7. The zero-order valence-electron chi connectivity index (χ0n) is 20.9. The highest BCUT2D eigenvalue weighted by Gasteiger charge is 2.35. The summed E-state index contributed by atoms with van der Waals surface area (Å²) in [7, 11) is 0. The van der Waals surface area contributed by atoms with Gasteiger partial charge in [0, 0.05) is 5.69 Å². The summed E-state index contributed by atoms with van der Waals surface area (Å²) in [4.78, 5) is 25.2. The number of anilines is 1. The number of thioether (sulfide) groups is 1. The fourth-order valence-corrected chi connectivity index (χ4v) is 4.59. The number of halogens is 8. The fraction of sp³-hybridized carbons (Fsp3) is 0.154. The molecule has 0 aliphatic rings. The molecule has 0 saturated carbocycles. The van der Waals surface area contributed by atoms with E-state index in [9.17, 15) is 40.3 Å². The number of rotatable bonds is 8. The van der Waals surface area contributed by atoms with Gasteiger partial charge in [-0.3, -0.25) is 14.2 Å². The van der Waals surface area contributed by atoms with Crippen molar-refractivity contribution in [1.29, 1.82) is 0 Å². The molecule has 0 saturated heterocycles. The number of benzene rings is 3. The molecule has 2 N–H and O–H groups in total. The van der Waals surface area contributed by atoms with Gasteiger partial charge in [-0.05, 0) is 54.6 Å². The molecule has 0 spiro atoms. The molecule has 4 aromatic rings. The number of hydrogen-bond donors (Lipinski definition) is 2. The summed E-state index contributed by atoms with van der Waals surface area (Å²) in [6, 6.07) is 11.6. The van der Waals surface area contributed by atoms with Crippen LogP contribution in [0, 0.1) is 5.82 Å². The molecule has 0 radical (unpaired) electrons. The number of carbonyl (C=O) groups is 2. The van der Waals surface area contributed by atoms with Crippen molar-refractivity contribution in [1.82, 2.24) is 20.1 Å². The van der Waals surface area contributed by atoms with Gasteiger partial charge in [-0.2, -0.15) is 26.3 Å². The Morgan fingerprint density at radius 2 is 1.60 bits per heavy atom. The molecule has 0 atom stereocenters. The third kappa shape index (κ3) is 7.39. The maximum Gasteiger partial charge on any atom is 0.417 e. The van der Waals surface area contributed by atoms with Crippen LogP contribution >= 0.6 is 23.4 Å². The summed E-state index contributed by atoms with van der Waals surface area (Å²) in [5.74, 6) is -2.70. The topological polar surface area (TPSA) is 88.9 Å². The molecular formula is C26H17ClF7N5O2S. The van der Waals surface area contributed by atoms with Crippen LogP contribution < -0.4 is 10.6 Å². The van der Waals surface area contributed by atoms with Gasteiger partial charge in [-0.25, -0.2) is 4.39 Å². The molecular weight excluding hydrogens is 615 g/mol. The van der Waals surface area contributed by atoms with Crippen molar-refractivity contribution in [2.75, 3.05) is 11.1 Å². The average Bonchev–Trinajstić information content (AvgIpc) is 3.33. The number of alkyl halides is 6.